The summed E-state index contributed by atoms with van der Waals surface area (Å²) in [7, 11) is 3.47. The summed E-state index contributed by atoms with van der Waals surface area (Å²) in [6, 6.07) is -0.380. The Morgan fingerprint density at radius 2 is 1.29 bits per heavy atom. The van der Waals surface area contributed by atoms with Gasteiger partial charge in [0.1, 0.15) is 6.04 Å². The number of primary amides is 1. The second kappa shape index (κ2) is 21.9. The van der Waals surface area contributed by atoms with Gasteiger partial charge in [-0.1, -0.05) is 70.4 Å². The number of amides is 1. The van der Waals surface area contributed by atoms with Gasteiger partial charge in [0.2, 0.25) is 5.91 Å². The van der Waals surface area contributed by atoms with E-state index < -0.39 is 5.97 Å². The second-order valence-corrected chi connectivity index (χ2v) is 7.78. The first-order valence-electron chi connectivity index (χ1n) is 11.1. The molecule has 0 spiro atoms. The Hall–Kier alpha value is -1.36. The lowest BCUT2D eigenvalue weighted by molar-refractivity contribution is -0.141. The van der Waals surface area contributed by atoms with E-state index in [0.717, 1.165) is 12.8 Å². The zero-order valence-electron chi connectivity index (χ0n) is 18.9. The molecule has 28 heavy (non-hydrogen) atoms. The van der Waals surface area contributed by atoms with Crippen LogP contribution in [0.3, 0.4) is 0 Å². The van der Waals surface area contributed by atoms with Crippen molar-refractivity contribution in [3.63, 3.8) is 0 Å². The minimum atomic E-state index is -0.782. The van der Waals surface area contributed by atoms with Crippen LogP contribution in [0.25, 0.3) is 0 Å². The van der Waals surface area contributed by atoms with E-state index in [1.807, 2.05) is 0 Å². The zero-order chi connectivity index (χ0) is 21.6. The summed E-state index contributed by atoms with van der Waals surface area (Å²) >= 11 is 0. The van der Waals surface area contributed by atoms with Gasteiger partial charge >= 0.3 is 5.97 Å². The second-order valence-electron chi connectivity index (χ2n) is 7.78. The molecule has 166 valence electrons. The van der Waals surface area contributed by atoms with E-state index in [1.54, 1.807) is 25.9 Å². The molecule has 0 aromatic rings. The van der Waals surface area contributed by atoms with Crippen molar-refractivity contribution >= 4 is 11.9 Å². The van der Waals surface area contributed by atoms with Crippen molar-refractivity contribution in [1.29, 1.82) is 0 Å². The normalized spacial score (nSPS) is 12.0. The standard InChI is InChI=1S/C18H35NO.C5H11NO2/c1-2-3-4-5-6-7-8-9-10-11-12-13-14-15-16-17-18(19)20;1-4(5(7)8)6(2)3/h9-10H,2-8,11-17H2,1H3,(H2,19,20);4H,1-3H3,(H,7,8)/b10-9-;. The highest BCUT2D eigenvalue weighted by Crippen LogP contribution is 2.09. The molecule has 1 unspecified atom stereocenters. The largest absolute Gasteiger partial charge is 0.480 e. The number of carboxylic acids is 1. The number of nitrogens with zero attached hydrogens (tertiary/aromatic N) is 1. The number of unbranched alkanes of at least 4 members (excludes halogenated alkanes) is 11. The first kappa shape index (κ1) is 28.8. The van der Waals surface area contributed by atoms with Crippen molar-refractivity contribution in [1.82, 2.24) is 4.90 Å². The van der Waals surface area contributed by atoms with Crippen molar-refractivity contribution in [3.05, 3.63) is 12.2 Å². The Kier molecular flexibility index (Phi) is 22.6. The SMILES string of the molecule is CC(C(=O)O)N(C)C.CCCCCCCC/C=C\CCCCCCCC(N)=O. The highest BCUT2D eigenvalue weighted by Gasteiger charge is 2.11. The van der Waals surface area contributed by atoms with Gasteiger partial charge in [-0.2, -0.15) is 0 Å². The molecule has 0 aliphatic carbocycles. The van der Waals surface area contributed by atoms with Crippen LogP contribution in [0, 0.1) is 0 Å². The van der Waals surface area contributed by atoms with Crippen LogP contribution in [-0.2, 0) is 9.59 Å². The summed E-state index contributed by atoms with van der Waals surface area (Å²) < 4.78 is 0. The third kappa shape index (κ3) is 24.6. The van der Waals surface area contributed by atoms with E-state index in [9.17, 15) is 9.59 Å². The molecule has 1 amide bonds. The van der Waals surface area contributed by atoms with Crippen molar-refractivity contribution in [3.8, 4) is 0 Å². The molecule has 5 heteroatoms. The predicted octanol–water partition coefficient (Wildman–Crippen LogP) is 5.53. The highest BCUT2D eigenvalue weighted by atomic mass is 16.4. The molecule has 5 nitrogen and oxygen atoms in total. The maximum absolute atomic E-state index is 10.5. The Balaban J connectivity index is 0. The van der Waals surface area contributed by atoms with E-state index in [2.05, 4.69) is 19.1 Å². The van der Waals surface area contributed by atoms with Crippen molar-refractivity contribution in [2.24, 2.45) is 5.73 Å². The fraction of sp³-hybridized carbons (Fsp3) is 0.826. The number of allylic oxidation sites excluding steroid dienone is 2. The smallest absolute Gasteiger partial charge is 0.320 e. The van der Waals surface area contributed by atoms with Gasteiger partial charge in [-0.25, -0.2) is 0 Å². The molecule has 0 saturated carbocycles. The molecular weight excluding hydrogens is 352 g/mol. The molecule has 0 aliphatic heterocycles. The van der Waals surface area contributed by atoms with Crippen LogP contribution in [0.1, 0.15) is 104 Å². The van der Waals surface area contributed by atoms with Crippen molar-refractivity contribution in [2.45, 2.75) is 110 Å². The third-order valence-electron chi connectivity index (χ3n) is 4.82. The van der Waals surface area contributed by atoms with Crippen LogP contribution >= 0.6 is 0 Å². The molecule has 0 aromatic heterocycles. The quantitative estimate of drug-likeness (QED) is 0.249. The number of hydrogen-bond acceptors (Lipinski definition) is 3. The summed E-state index contributed by atoms with van der Waals surface area (Å²) in [4.78, 5) is 22.3. The number of hydrogen-bond donors (Lipinski definition) is 2. The first-order valence-corrected chi connectivity index (χ1v) is 11.1. The van der Waals surface area contributed by atoms with Crippen LogP contribution in [0.2, 0.25) is 0 Å². The third-order valence-corrected chi connectivity index (χ3v) is 4.82. The van der Waals surface area contributed by atoms with Gasteiger partial charge in [-0.3, -0.25) is 14.5 Å². The number of aliphatic carboxylic acids is 1. The van der Waals surface area contributed by atoms with E-state index in [0.29, 0.717) is 6.42 Å². The maximum Gasteiger partial charge on any atom is 0.320 e. The fourth-order valence-corrected chi connectivity index (χ4v) is 2.59. The Morgan fingerprint density at radius 3 is 1.64 bits per heavy atom. The summed E-state index contributed by atoms with van der Waals surface area (Å²) in [5.41, 5.74) is 5.10. The lowest BCUT2D eigenvalue weighted by Crippen LogP contribution is -2.32. The van der Waals surface area contributed by atoms with E-state index in [1.165, 1.54) is 70.6 Å². The first-order chi connectivity index (χ1) is 13.3. The molecule has 0 aromatic carbocycles. The average Bonchev–Trinajstić information content (AvgIpc) is 2.64. The predicted molar refractivity (Wildman–Crippen MR) is 119 cm³/mol. The van der Waals surface area contributed by atoms with Crippen LogP contribution in [0.4, 0.5) is 0 Å². The van der Waals surface area contributed by atoms with Gasteiger partial charge in [0.25, 0.3) is 0 Å². The molecule has 0 aliphatic rings. The summed E-state index contributed by atoms with van der Waals surface area (Å²) in [5.74, 6) is -0.947. The molecule has 0 bridgehead atoms. The summed E-state index contributed by atoms with van der Waals surface area (Å²) in [6.07, 6.45) is 21.9. The van der Waals surface area contributed by atoms with Crippen LogP contribution in [0.15, 0.2) is 12.2 Å². The number of likely N-dealkylation sites (N-methyl/N-ethyl adjacent to an activating group) is 1. The Morgan fingerprint density at radius 1 is 0.857 bits per heavy atom. The average molecular weight is 399 g/mol. The molecule has 0 radical (unpaired) electrons. The Bertz CT molecular complexity index is 395. The van der Waals surface area contributed by atoms with E-state index >= 15 is 0 Å². The highest BCUT2D eigenvalue weighted by molar-refractivity contribution is 5.73. The van der Waals surface area contributed by atoms with Crippen LogP contribution in [-0.4, -0.2) is 42.0 Å². The van der Waals surface area contributed by atoms with Gasteiger partial charge < -0.3 is 10.8 Å². The van der Waals surface area contributed by atoms with E-state index in [-0.39, 0.29) is 11.9 Å². The molecule has 0 saturated heterocycles. The maximum atomic E-state index is 10.5. The topological polar surface area (TPSA) is 83.6 Å². The van der Waals surface area contributed by atoms with Gasteiger partial charge in [-0.15, -0.1) is 0 Å². The van der Waals surface area contributed by atoms with Gasteiger partial charge in [0.15, 0.2) is 0 Å². The monoisotopic (exact) mass is 398 g/mol. The minimum absolute atomic E-state index is 0.164. The summed E-state index contributed by atoms with van der Waals surface area (Å²) in [6.45, 7) is 3.91. The lowest BCUT2D eigenvalue weighted by Gasteiger charge is -2.13. The molecule has 0 fully saturated rings. The number of carbonyl (C=O) groups excluding carboxylic acids is 1. The molecular formula is C23H46N2O3. The van der Waals surface area contributed by atoms with Gasteiger partial charge in [0, 0.05) is 6.42 Å². The molecule has 3 N–H and O–H groups in total. The molecule has 0 heterocycles. The van der Waals surface area contributed by atoms with E-state index in [4.69, 9.17) is 10.8 Å². The molecule has 1 atom stereocenters. The number of nitrogens with two attached hydrogens (primary N) is 1. The number of carbonyl (C=O) groups is 2. The number of carboxylic acid groups (broad SMARTS) is 1. The fourth-order valence-electron chi connectivity index (χ4n) is 2.59. The van der Waals surface area contributed by atoms with Gasteiger partial charge in [0.05, 0.1) is 0 Å². The van der Waals surface area contributed by atoms with Crippen LogP contribution in [0.5, 0.6) is 0 Å². The minimum Gasteiger partial charge on any atom is -0.480 e. The summed E-state index contributed by atoms with van der Waals surface area (Å²) in [5, 5.41) is 8.31. The number of rotatable bonds is 17. The van der Waals surface area contributed by atoms with Crippen molar-refractivity contribution < 1.29 is 14.7 Å². The van der Waals surface area contributed by atoms with Crippen LogP contribution < -0.4 is 5.73 Å². The van der Waals surface area contributed by atoms with Gasteiger partial charge in [-0.05, 0) is 53.1 Å². The molecule has 0 rings (SSSR count). The Labute approximate surface area is 173 Å². The lowest BCUT2D eigenvalue weighted by atomic mass is 10.1. The van der Waals surface area contributed by atoms with Crippen molar-refractivity contribution in [2.75, 3.05) is 14.1 Å². The zero-order valence-corrected chi connectivity index (χ0v) is 18.9.